The van der Waals surface area contributed by atoms with Gasteiger partial charge in [0.1, 0.15) is 11.9 Å². The number of halogens is 1. The average Bonchev–Trinajstić information content (AvgIpc) is 3.17. The van der Waals surface area contributed by atoms with Crippen molar-refractivity contribution in [3.05, 3.63) is 59.0 Å². The van der Waals surface area contributed by atoms with Crippen molar-refractivity contribution in [1.29, 1.82) is 0 Å². The van der Waals surface area contributed by atoms with Crippen LogP contribution in [0.2, 0.25) is 0 Å². The molecule has 1 aliphatic heterocycles. The van der Waals surface area contributed by atoms with Crippen LogP contribution in [0.3, 0.4) is 0 Å². The van der Waals surface area contributed by atoms with E-state index in [9.17, 15) is 13.2 Å². The summed E-state index contributed by atoms with van der Waals surface area (Å²) < 4.78 is 30.3. The maximum atomic E-state index is 13.1. The maximum Gasteiger partial charge on any atom is 0.243 e. The summed E-state index contributed by atoms with van der Waals surface area (Å²) in [6.07, 6.45) is 4.45. The summed E-state index contributed by atoms with van der Waals surface area (Å²) in [6.45, 7) is 0.697. The van der Waals surface area contributed by atoms with E-state index in [0.717, 1.165) is 28.8 Å². The summed E-state index contributed by atoms with van der Waals surface area (Å²) in [6, 6.07) is 11.4. The number of nitrogens with zero attached hydrogens (tertiary/aromatic N) is 4. The van der Waals surface area contributed by atoms with Gasteiger partial charge in [0.05, 0.1) is 4.90 Å². The highest BCUT2D eigenvalue weighted by atomic mass is 79.9. The fourth-order valence-electron chi connectivity index (χ4n) is 3.67. The van der Waals surface area contributed by atoms with E-state index in [2.05, 4.69) is 31.4 Å². The van der Waals surface area contributed by atoms with Crippen LogP contribution in [0.25, 0.3) is 5.65 Å². The van der Waals surface area contributed by atoms with Crippen LogP contribution in [0, 0.1) is 0 Å². The molecule has 8 nitrogen and oxygen atoms in total. The number of nitrogens with one attached hydrogen (secondary N) is 1. The number of sulfonamides is 1. The number of carbonyl (C=O) groups is 1. The molecule has 1 aromatic carbocycles. The SMILES string of the molecule is O=C(NCCc1nnc2ccccn12)C1CCCCN1S(=O)(=O)c1ccc(Br)cc1. The number of aromatic nitrogens is 3. The first-order valence-electron chi connectivity index (χ1n) is 9.80. The van der Waals surface area contributed by atoms with Crippen molar-refractivity contribution < 1.29 is 13.2 Å². The van der Waals surface area contributed by atoms with Crippen molar-refractivity contribution in [1.82, 2.24) is 24.2 Å². The quantitative estimate of drug-likeness (QED) is 0.570. The third-order valence-corrected chi connectivity index (χ3v) is 7.66. The number of hydrogen-bond acceptors (Lipinski definition) is 5. The Labute approximate surface area is 183 Å². The number of piperidine rings is 1. The zero-order valence-corrected chi connectivity index (χ0v) is 18.6. The number of fused-ring (bicyclic) bond motifs is 1. The highest BCUT2D eigenvalue weighted by molar-refractivity contribution is 9.10. The molecule has 0 radical (unpaired) electrons. The van der Waals surface area contributed by atoms with Crippen molar-refractivity contribution in [3.63, 3.8) is 0 Å². The van der Waals surface area contributed by atoms with Gasteiger partial charge in [0.25, 0.3) is 0 Å². The van der Waals surface area contributed by atoms with Gasteiger partial charge in [-0.25, -0.2) is 8.42 Å². The van der Waals surface area contributed by atoms with Crippen LogP contribution < -0.4 is 5.32 Å². The summed E-state index contributed by atoms with van der Waals surface area (Å²) in [4.78, 5) is 13.1. The van der Waals surface area contributed by atoms with Gasteiger partial charge in [0.15, 0.2) is 5.65 Å². The van der Waals surface area contributed by atoms with Crippen LogP contribution >= 0.6 is 15.9 Å². The minimum Gasteiger partial charge on any atom is -0.354 e. The van der Waals surface area contributed by atoms with Gasteiger partial charge < -0.3 is 5.32 Å². The largest absolute Gasteiger partial charge is 0.354 e. The van der Waals surface area contributed by atoms with E-state index in [1.54, 1.807) is 24.3 Å². The Balaban J connectivity index is 1.44. The van der Waals surface area contributed by atoms with E-state index in [1.807, 2.05) is 28.8 Å². The van der Waals surface area contributed by atoms with Crippen LogP contribution in [0.4, 0.5) is 0 Å². The Morgan fingerprint density at radius 3 is 2.73 bits per heavy atom. The van der Waals surface area contributed by atoms with Crippen LogP contribution in [0.1, 0.15) is 25.1 Å². The molecule has 3 aromatic rings. The van der Waals surface area contributed by atoms with Gasteiger partial charge in [-0.15, -0.1) is 10.2 Å². The fraction of sp³-hybridized carbons (Fsp3) is 0.350. The summed E-state index contributed by atoms with van der Waals surface area (Å²) in [7, 11) is -3.74. The summed E-state index contributed by atoms with van der Waals surface area (Å²) in [5.74, 6) is 0.470. The zero-order chi connectivity index (χ0) is 21.1. The lowest BCUT2D eigenvalue weighted by Gasteiger charge is -2.33. The lowest BCUT2D eigenvalue weighted by atomic mass is 10.0. The third-order valence-electron chi connectivity index (χ3n) is 5.21. The predicted octanol–water partition coefficient (Wildman–Crippen LogP) is 2.39. The highest BCUT2D eigenvalue weighted by Crippen LogP contribution is 2.26. The first-order chi connectivity index (χ1) is 14.5. The molecule has 4 rings (SSSR count). The topological polar surface area (TPSA) is 96.7 Å². The van der Waals surface area contributed by atoms with Gasteiger partial charge in [-0.05, 0) is 49.2 Å². The Bertz CT molecular complexity index is 1150. The summed E-state index contributed by atoms with van der Waals surface area (Å²) in [5.41, 5.74) is 0.748. The first-order valence-corrected chi connectivity index (χ1v) is 12.0. The van der Waals surface area contributed by atoms with Crippen molar-refractivity contribution >= 4 is 37.5 Å². The molecule has 158 valence electrons. The second kappa shape index (κ2) is 8.83. The third kappa shape index (κ3) is 4.26. The van der Waals surface area contributed by atoms with Gasteiger partial charge in [-0.1, -0.05) is 28.4 Å². The van der Waals surface area contributed by atoms with Crippen molar-refractivity contribution in [2.45, 2.75) is 36.6 Å². The number of hydrogen-bond donors (Lipinski definition) is 1. The number of pyridine rings is 1. The highest BCUT2D eigenvalue weighted by Gasteiger charge is 2.37. The molecule has 0 bridgehead atoms. The van der Waals surface area contributed by atoms with Gasteiger partial charge >= 0.3 is 0 Å². The molecular formula is C20H22BrN5O3S. The first kappa shape index (κ1) is 21.0. The van der Waals surface area contributed by atoms with Crippen LogP contribution in [-0.2, 0) is 21.2 Å². The molecule has 0 saturated carbocycles. The van der Waals surface area contributed by atoms with Crippen molar-refractivity contribution in [2.24, 2.45) is 0 Å². The molecule has 0 aliphatic carbocycles. The van der Waals surface area contributed by atoms with Gasteiger partial charge in [0.2, 0.25) is 15.9 Å². The molecule has 1 unspecified atom stereocenters. The molecule has 1 atom stereocenters. The second-order valence-corrected chi connectivity index (χ2v) is 9.97. The predicted molar refractivity (Wildman–Crippen MR) is 115 cm³/mol. The van der Waals surface area contributed by atoms with Crippen LogP contribution in [0.5, 0.6) is 0 Å². The normalized spacial score (nSPS) is 17.8. The minimum atomic E-state index is -3.74. The van der Waals surface area contributed by atoms with E-state index < -0.39 is 16.1 Å². The number of carbonyl (C=O) groups excluding carboxylic acids is 1. The smallest absolute Gasteiger partial charge is 0.243 e. The molecule has 1 fully saturated rings. The molecule has 1 saturated heterocycles. The Hall–Kier alpha value is -2.30. The Morgan fingerprint density at radius 2 is 1.93 bits per heavy atom. The molecule has 1 N–H and O–H groups in total. The molecule has 30 heavy (non-hydrogen) atoms. The molecular weight excluding hydrogens is 470 g/mol. The number of rotatable bonds is 6. The van der Waals surface area contributed by atoms with Crippen LogP contribution in [-0.4, -0.2) is 52.4 Å². The lowest BCUT2D eigenvalue weighted by Crippen LogP contribution is -2.52. The average molecular weight is 492 g/mol. The molecule has 2 aromatic heterocycles. The van der Waals surface area contributed by atoms with Gasteiger partial charge in [0, 0.05) is 30.2 Å². The van der Waals surface area contributed by atoms with E-state index in [1.165, 1.54) is 4.31 Å². The van der Waals surface area contributed by atoms with Gasteiger partial charge in [-0.3, -0.25) is 9.20 Å². The molecule has 3 heterocycles. The monoisotopic (exact) mass is 491 g/mol. The standard InChI is InChI=1S/C20H22BrN5O3S/c21-15-7-9-16(10-8-15)30(28,29)26-14-4-1-5-17(26)20(27)22-12-11-19-24-23-18-6-2-3-13-25(18)19/h2-3,6-10,13,17H,1,4-5,11-12,14H2,(H,22,27). The lowest BCUT2D eigenvalue weighted by molar-refractivity contribution is -0.125. The molecule has 1 amide bonds. The molecule has 1 aliphatic rings. The van der Waals surface area contributed by atoms with E-state index in [4.69, 9.17) is 0 Å². The number of amides is 1. The fourth-order valence-corrected chi connectivity index (χ4v) is 5.59. The van der Waals surface area contributed by atoms with E-state index in [0.29, 0.717) is 25.9 Å². The van der Waals surface area contributed by atoms with Crippen molar-refractivity contribution in [3.8, 4) is 0 Å². The number of benzene rings is 1. The van der Waals surface area contributed by atoms with E-state index in [-0.39, 0.29) is 10.8 Å². The van der Waals surface area contributed by atoms with Gasteiger partial charge in [-0.2, -0.15) is 4.31 Å². The zero-order valence-electron chi connectivity index (χ0n) is 16.2. The molecule has 0 spiro atoms. The molecule has 10 heteroatoms. The second-order valence-electron chi connectivity index (χ2n) is 7.17. The van der Waals surface area contributed by atoms with Crippen LogP contribution in [0.15, 0.2) is 58.0 Å². The Morgan fingerprint density at radius 1 is 1.13 bits per heavy atom. The summed E-state index contributed by atoms with van der Waals surface area (Å²) >= 11 is 3.32. The van der Waals surface area contributed by atoms with E-state index >= 15 is 0 Å². The maximum absolute atomic E-state index is 13.1. The minimum absolute atomic E-state index is 0.195. The Kier molecular flexibility index (Phi) is 6.16. The summed E-state index contributed by atoms with van der Waals surface area (Å²) in [5, 5.41) is 11.1. The van der Waals surface area contributed by atoms with Crippen molar-refractivity contribution in [2.75, 3.05) is 13.1 Å².